The molecule has 0 fully saturated rings. The lowest BCUT2D eigenvalue weighted by atomic mass is 10.4. The fourth-order valence-electron chi connectivity index (χ4n) is 0.929. The molecule has 0 aliphatic rings. The largest absolute Gasteiger partial charge is 0.475 e. The van der Waals surface area contributed by atoms with E-state index in [2.05, 4.69) is 0 Å². The molecular weight excluding hydrogens is 202 g/mol. The van der Waals surface area contributed by atoms with Crippen LogP contribution in [0.5, 0.6) is 0 Å². The zero-order valence-corrected chi connectivity index (χ0v) is 8.55. The average molecular weight is 215 g/mol. The molecule has 0 aliphatic heterocycles. The molecule has 0 saturated heterocycles. The van der Waals surface area contributed by atoms with Gasteiger partial charge in [0.2, 0.25) is 5.76 Å². The van der Waals surface area contributed by atoms with Gasteiger partial charge < -0.3 is 15.3 Å². The van der Waals surface area contributed by atoms with E-state index in [0.29, 0.717) is 18.1 Å². The molecule has 1 heterocycles. The van der Waals surface area contributed by atoms with Crippen molar-refractivity contribution in [3.63, 3.8) is 0 Å². The number of furan rings is 1. The van der Waals surface area contributed by atoms with Crippen LogP contribution in [0.15, 0.2) is 16.5 Å². The maximum Gasteiger partial charge on any atom is 0.371 e. The van der Waals surface area contributed by atoms with Gasteiger partial charge in [-0.2, -0.15) is 11.8 Å². The molecule has 0 unspecified atom stereocenters. The summed E-state index contributed by atoms with van der Waals surface area (Å²) in [5.41, 5.74) is 5.34. The molecule has 1 aromatic heterocycles. The first kappa shape index (κ1) is 11.1. The fourth-order valence-corrected chi connectivity index (χ4v) is 1.80. The van der Waals surface area contributed by atoms with E-state index in [1.807, 2.05) is 0 Å². The predicted octanol–water partition coefficient (Wildman–Crippen LogP) is 1.56. The van der Waals surface area contributed by atoms with Gasteiger partial charge in [0.05, 0.1) is 5.75 Å². The molecule has 0 bridgehead atoms. The van der Waals surface area contributed by atoms with Crippen LogP contribution in [0.2, 0.25) is 0 Å². The second kappa shape index (κ2) is 5.72. The van der Waals surface area contributed by atoms with Gasteiger partial charge in [0.1, 0.15) is 5.76 Å². The van der Waals surface area contributed by atoms with E-state index in [9.17, 15) is 4.79 Å². The van der Waals surface area contributed by atoms with Crippen molar-refractivity contribution in [2.75, 3.05) is 12.3 Å². The molecule has 0 amide bonds. The Morgan fingerprint density at radius 2 is 2.36 bits per heavy atom. The SMILES string of the molecule is NCCCSCc1ccc(C(=O)O)o1. The van der Waals surface area contributed by atoms with Crippen LogP contribution in [0.25, 0.3) is 0 Å². The molecule has 1 aromatic rings. The lowest BCUT2D eigenvalue weighted by Crippen LogP contribution is -1.99. The Labute approximate surface area is 86.5 Å². The first-order valence-corrected chi connectivity index (χ1v) is 5.49. The maximum absolute atomic E-state index is 10.5. The number of rotatable bonds is 6. The summed E-state index contributed by atoms with van der Waals surface area (Å²) >= 11 is 1.69. The van der Waals surface area contributed by atoms with Crippen LogP contribution in [0, 0.1) is 0 Å². The molecule has 0 saturated carbocycles. The molecule has 3 N–H and O–H groups in total. The van der Waals surface area contributed by atoms with Gasteiger partial charge in [-0.25, -0.2) is 4.79 Å². The first-order chi connectivity index (χ1) is 6.74. The van der Waals surface area contributed by atoms with Gasteiger partial charge in [0, 0.05) is 0 Å². The Morgan fingerprint density at radius 1 is 1.57 bits per heavy atom. The van der Waals surface area contributed by atoms with Crippen LogP contribution in [0.3, 0.4) is 0 Å². The number of carboxylic acids is 1. The number of carbonyl (C=O) groups is 1. The van der Waals surface area contributed by atoms with E-state index in [1.54, 1.807) is 17.8 Å². The smallest absolute Gasteiger partial charge is 0.371 e. The summed E-state index contributed by atoms with van der Waals surface area (Å²) in [7, 11) is 0. The molecule has 5 heteroatoms. The summed E-state index contributed by atoms with van der Waals surface area (Å²) in [5, 5.41) is 8.59. The third-order valence-electron chi connectivity index (χ3n) is 1.61. The van der Waals surface area contributed by atoms with E-state index in [0.717, 1.165) is 12.2 Å². The van der Waals surface area contributed by atoms with Crippen LogP contribution in [0.1, 0.15) is 22.7 Å². The van der Waals surface area contributed by atoms with Crippen molar-refractivity contribution in [3.8, 4) is 0 Å². The molecule has 0 aliphatic carbocycles. The quantitative estimate of drug-likeness (QED) is 0.704. The van der Waals surface area contributed by atoms with Gasteiger partial charge >= 0.3 is 5.97 Å². The average Bonchev–Trinajstić information content (AvgIpc) is 2.61. The lowest BCUT2D eigenvalue weighted by molar-refractivity contribution is 0.0661. The van der Waals surface area contributed by atoms with Crippen molar-refractivity contribution in [2.45, 2.75) is 12.2 Å². The summed E-state index contributed by atoms with van der Waals surface area (Å²) in [4.78, 5) is 10.5. The summed E-state index contributed by atoms with van der Waals surface area (Å²) in [6, 6.07) is 3.17. The Bertz CT molecular complexity index is 298. The molecule has 4 nitrogen and oxygen atoms in total. The third-order valence-corrected chi connectivity index (χ3v) is 2.68. The Kier molecular flexibility index (Phi) is 4.55. The molecule has 0 atom stereocenters. The van der Waals surface area contributed by atoms with Gasteiger partial charge in [-0.15, -0.1) is 0 Å². The summed E-state index contributed by atoms with van der Waals surface area (Å²) in [6.45, 7) is 0.686. The van der Waals surface area contributed by atoms with Crippen molar-refractivity contribution >= 4 is 17.7 Å². The van der Waals surface area contributed by atoms with Crippen molar-refractivity contribution in [3.05, 3.63) is 23.7 Å². The molecule has 0 radical (unpaired) electrons. The minimum absolute atomic E-state index is 0.000533. The van der Waals surface area contributed by atoms with Crippen molar-refractivity contribution in [1.29, 1.82) is 0 Å². The van der Waals surface area contributed by atoms with E-state index in [-0.39, 0.29) is 5.76 Å². The van der Waals surface area contributed by atoms with E-state index >= 15 is 0 Å². The Hall–Kier alpha value is -0.940. The van der Waals surface area contributed by atoms with E-state index in [4.69, 9.17) is 15.3 Å². The normalized spacial score (nSPS) is 10.4. The molecule has 14 heavy (non-hydrogen) atoms. The van der Waals surface area contributed by atoms with Crippen LogP contribution < -0.4 is 5.73 Å². The number of aromatic carboxylic acids is 1. The van der Waals surface area contributed by atoms with E-state index < -0.39 is 5.97 Å². The highest BCUT2D eigenvalue weighted by Gasteiger charge is 2.08. The number of thioether (sulfide) groups is 1. The topological polar surface area (TPSA) is 76.5 Å². The zero-order chi connectivity index (χ0) is 10.4. The van der Waals surface area contributed by atoms with Crippen LogP contribution in [0.4, 0.5) is 0 Å². The van der Waals surface area contributed by atoms with Gasteiger partial charge in [0.25, 0.3) is 0 Å². The third kappa shape index (κ3) is 3.43. The molecular formula is C9H13NO3S. The maximum atomic E-state index is 10.5. The van der Waals surface area contributed by atoms with Crippen LogP contribution >= 0.6 is 11.8 Å². The van der Waals surface area contributed by atoms with Crippen molar-refractivity contribution in [2.24, 2.45) is 5.73 Å². The van der Waals surface area contributed by atoms with Crippen molar-refractivity contribution < 1.29 is 14.3 Å². The second-order valence-corrected chi connectivity index (χ2v) is 3.87. The number of hydrogen-bond donors (Lipinski definition) is 2. The van der Waals surface area contributed by atoms with Gasteiger partial charge in [-0.3, -0.25) is 0 Å². The highest BCUT2D eigenvalue weighted by atomic mass is 32.2. The predicted molar refractivity (Wildman–Crippen MR) is 55.5 cm³/mol. The molecule has 1 rings (SSSR count). The minimum Gasteiger partial charge on any atom is -0.475 e. The highest BCUT2D eigenvalue weighted by molar-refractivity contribution is 7.98. The Morgan fingerprint density at radius 3 is 2.93 bits per heavy atom. The standard InChI is InChI=1S/C9H13NO3S/c10-4-1-5-14-6-7-2-3-8(13-7)9(11)12/h2-3H,1,4-6,10H2,(H,11,12). The monoisotopic (exact) mass is 215 g/mol. The summed E-state index contributed by atoms with van der Waals surface area (Å²) < 4.78 is 5.07. The summed E-state index contributed by atoms with van der Waals surface area (Å²) in [6.07, 6.45) is 0.969. The molecule has 0 aromatic carbocycles. The van der Waals surface area contributed by atoms with E-state index in [1.165, 1.54) is 6.07 Å². The zero-order valence-electron chi connectivity index (χ0n) is 7.73. The minimum atomic E-state index is -1.02. The highest BCUT2D eigenvalue weighted by Crippen LogP contribution is 2.15. The second-order valence-electron chi connectivity index (χ2n) is 2.77. The van der Waals surface area contributed by atoms with Gasteiger partial charge in [-0.1, -0.05) is 0 Å². The number of nitrogens with two attached hydrogens (primary N) is 1. The van der Waals surface area contributed by atoms with Crippen molar-refractivity contribution in [1.82, 2.24) is 0 Å². The number of carboxylic acid groups (broad SMARTS) is 1. The Balaban J connectivity index is 2.33. The van der Waals surface area contributed by atoms with Gasteiger partial charge in [-0.05, 0) is 30.9 Å². The fraction of sp³-hybridized carbons (Fsp3) is 0.444. The first-order valence-electron chi connectivity index (χ1n) is 4.34. The van der Waals surface area contributed by atoms with Crippen LogP contribution in [-0.2, 0) is 5.75 Å². The number of hydrogen-bond acceptors (Lipinski definition) is 4. The van der Waals surface area contributed by atoms with Gasteiger partial charge in [0.15, 0.2) is 0 Å². The van der Waals surface area contributed by atoms with Crippen LogP contribution in [-0.4, -0.2) is 23.4 Å². The lowest BCUT2D eigenvalue weighted by Gasteiger charge is -1.96. The summed E-state index contributed by atoms with van der Waals surface area (Å²) in [5.74, 6) is 1.35. The molecule has 78 valence electrons. The molecule has 0 spiro atoms.